The zero-order valence-electron chi connectivity index (χ0n) is 19.0. The second-order valence-electron chi connectivity index (χ2n) is 7.40. The summed E-state index contributed by atoms with van der Waals surface area (Å²) in [7, 11) is 1.56. The van der Waals surface area contributed by atoms with Crippen LogP contribution >= 0.6 is 23.2 Å². The van der Waals surface area contributed by atoms with Gasteiger partial charge in [0.2, 0.25) is 5.95 Å². The van der Waals surface area contributed by atoms with Gasteiger partial charge in [0.1, 0.15) is 24.0 Å². The van der Waals surface area contributed by atoms with Gasteiger partial charge in [0, 0.05) is 11.1 Å². The highest BCUT2D eigenvalue weighted by Crippen LogP contribution is 2.33. The lowest BCUT2D eigenvalue weighted by Crippen LogP contribution is -2.16. The Morgan fingerprint density at radius 2 is 1.86 bits per heavy atom. The van der Waals surface area contributed by atoms with Crippen molar-refractivity contribution in [1.82, 2.24) is 9.97 Å². The first-order chi connectivity index (χ1) is 17.5. The van der Waals surface area contributed by atoms with Crippen molar-refractivity contribution in [3.63, 3.8) is 0 Å². The van der Waals surface area contributed by atoms with Crippen molar-refractivity contribution in [2.24, 2.45) is 5.10 Å². The maximum Gasteiger partial charge on any atom is 0.270 e. The van der Waals surface area contributed by atoms with E-state index < -0.39 is 5.56 Å². The Morgan fingerprint density at radius 3 is 2.56 bits per heavy atom. The quantitative estimate of drug-likeness (QED) is 0.229. The first kappa shape index (κ1) is 24.8. The number of ether oxygens (including phenoxy) is 2. The molecule has 0 radical (unpaired) electrons. The summed E-state index contributed by atoms with van der Waals surface area (Å²) >= 11 is 12.4. The number of rotatable bonds is 8. The lowest BCUT2D eigenvalue weighted by molar-refractivity contribution is 0.297. The molecule has 10 heteroatoms. The molecule has 4 rings (SSSR count). The van der Waals surface area contributed by atoms with E-state index in [1.807, 2.05) is 18.2 Å². The van der Waals surface area contributed by atoms with Crippen molar-refractivity contribution < 1.29 is 9.47 Å². The molecule has 1 aromatic heterocycles. The Bertz CT molecular complexity index is 1490. The van der Waals surface area contributed by atoms with E-state index in [9.17, 15) is 10.1 Å². The van der Waals surface area contributed by atoms with Crippen LogP contribution in [0.25, 0.3) is 11.3 Å². The molecule has 0 saturated heterocycles. The first-order valence-electron chi connectivity index (χ1n) is 10.6. The molecule has 4 aromatic rings. The van der Waals surface area contributed by atoms with Crippen LogP contribution < -0.4 is 20.5 Å². The van der Waals surface area contributed by atoms with E-state index in [1.54, 1.807) is 67.9 Å². The number of hydrogen-bond acceptors (Lipinski definition) is 7. The predicted molar refractivity (Wildman–Crippen MR) is 140 cm³/mol. The van der Waals surface area contributed by atoms with Gasteiger partial charge in [0.05, 0.1) is 29.1 Å². The van der Waals surface area contributed by atoms with Crippen molar-refractivity contribution in [3.8, 4) is 28.8 Å². The van der Waals surface area contributed by atoms with E-state index in [-0.39, 0.29) is 23.8 Å². The number of hydrazone groups is 1. The van der Waals surface area contributed by atoms with E-state index in [2.05, 4.69) is 20.5 Å². The number of nitriles is 1. The number of benzene rings is 3. The van der Waals surface area contributed by atoms with Gasteiger partial charge in [-0.05, 0) is 35.9 Å². The lowest BCUT2D eigenvalue weighted by atomic mass is 10.1. The molecule has 3 aromatic carbocycles. The standard InChI is InChI=1S/C26H19Cl2N5O3/c1-35-22-11-10-16(12-18(22)15-36-24-20(27)8-5-9-21(24)28)14-30-33-26-31-23(17-6-3-2-4-7-17)19(13-29)25(34)32-26/h2-12,14H,15H2,1H3,(H2,31,32,33,34). The molecule has 0 aliphatic rings. The molecule has 0 amide bonds. The van der Waals surface area contributed by atoms with Crippen LogP contribution in [-0.4, -0.2) is 23.3 Å². The molecule has 0 unspecified atom stereocenters. The van der Waals surface area contributed by atoms with E-state index >= 15 is 0 Å². The minimum absolute atomic E-state index is 0.0749. The Kier molecular flexibility index (Phi) is 7.85. The van der Waals surface area contributed by atoms with Gasteiger partial charge in [-0.2, -0.15) is 10.4 Å². The molecule has 0 fully saturated rings. The highest BCUT2D eigenvalue weighted by molar-refractivity contribution is 6.37. The molecular weight excluding hydrogens is 501 g/mol. The molecule has 0 aliphatic heterocycles. The maximum atomic E-state index is 12.4. The van der Waals surface area contributed by atoms with E-state index in [1.165, 1.54) is 0 Å². The number of aromatic amines is 1. The third-order valence-electron chi connectivity index (χ3n) is 5.06. The van der Waals surface area contributed by atoms with Gasteiger partial charge in [-0.1, -0.05) is 59.6 Å². The first-order valence-corrected chi connectivity index (χ1v) is 11.4. The van der Waals surface area contributed by atoms with Crippen LogP contribution in [0.5, 0.6) is 11.5 Å². The van der Waals surface area contributed by atoms with Crippen LogP contribution in [-0.2, 0) is 6.61 Å². The number of anilines is 1. The zero-order chi connectivity index (χ0) is 25.5. The van der Waals surface area contributed by atoms with Gasteiger partial charge < -0.3 is 9.47 Å². The van der Waals surface area contributed by atoms with Gasteiger partial charge >= 0.3 is 0 Å². The average molecular weight is 520 g/mol. The maximum absolute atomic E-state index is 12.4. The van der Waals surface area contributed by atoms with Gasteiger partial charge in [0.15, 0.2) is 5.75 Å². The fourth-order valence-electron chi connectivity index (χ4n) is 3.36. The van der Waals surface area contributed by atoms with Crippen molar-refractivity contribution in [2.45, 2.75) is 6.61 Å². The van der Waals surface area contributed by atoms with Gasteiger partial charge in [-0.15, -0.1) is 0 Å². The van der Waals surface area contributed by atoms with Crippen LogP contribution in [0, 0.1) is 11.3 Å². The van der Waals surface area contributed by atoms with Crippen molar-refractivity contribution >= 4 is 35.4 Å². The molecule has 0 aliphatic carbocycles. The number of halogens is 2. The molecule has 180 valence electrons. The molecule has 0 atom stereocenters. The third kappa shape index (κ3) is 5.66. The summed E-state index contributed by atoms with van der Waals surface area (Å²) in [5.74, 6) is 1.10. The molecule has 0 bridgehead atoms. The third-order valence-corrected chi connectivity index (χ3v) is 5.65. The Morgan fingerprint density at radius 1 is 1.11 bits per heavy atom. The minimum atomic E-state index is -0.564. The normalized spacial score (nSPS) is 10.7. The van der Waals surface area contributed by atoms with Crippen LogP contribution in [0.15, 0.2) is 76.6 Å². The topological polar surface area (TPSA) is 112 Å². The van der Waals surface area contributed by atoms with Crippen molar-refractivity contribution in [2.75, 3.05) is 12.5 Å². The molecule has 1 heterocycles. The molecule has 8 nitrogen and oxygen atoms in total. The van der Waals surface area contributed by atoms with Crippen LogP contribution in [0.1, 0.15) is 16.7 Å². The number of nitrogens with zero attached hydrogens (tertiary/aromatic N) is 3. The van der Waals surface area contributed by atoms with Gasteiger partial charge in [-0.3, -0.25) is 9.78 Å². The Labute approximate surface area is 216 Å². The zero-order valence-corrected chi connectivity index (χ0v) is 20.5. The monoisotopic (exact) mass is 519 g/mol. The predicted octanol–water partition coefficient (Wildman–Crippen LogP) is 5.65. The summed E-state index contributed by atoms with van der Waals surface area (Å²) in [5.41, 5.74) is 4.46. The average Bonchev–Trinajstić information content (AvgIpc) is 2.89. The molecular formula is C26H19Cl2N5O3. The number of hydrogen-bond donors (Lipinski definition) is 2. The lowest BCUT2D eigenvalue weighted by Gasteiger charge is -2.13. The summed E-state index contributed by atoms with van der Waals surface area (Å²) in [5, 5.41) is 14.4. The van der Waals surface area contributed by atoms with E-state index in [0.717, 1.165) is 11.1 Å². The second-order valence-corrected chi connectivity index (χ2v) is 8.21. The number of para-hydroxylation sites is 1. The van der Waals surface area contributed by atoms with Crippen LogP contribution in [0.3, 0.4) is 0 Å². The van der Waals surface area contributed by atoms with Gasteiger partial charge in [0.25, 0.3) is 5.56 Å². The Hall–Kier alpha value is -4.32. The summed E-state index contributed by atoms with van der Waals surface area (Å²) in [4.78, 5) is 19.3. The summed E-state index contributed by atoms with van der Waals surface area (Å²) < 4.78 is 11.3. The van der Waals surface area contributed by atoms with Crippen LogP contribution in [0.4, 0.5) is 5.95 Å². The highest BCUT2D eigenvalue weighted by atomic mass is 35.5. The number of nitrogens with one attached hydrogen (secondary N) is 2. The molecule has 2 N–H and O–H groups in total. The highest BCUT2D eigenvalue weighted by Gasteiger charge is 2.13. The summed E-state index contributed by atoms with van der Waals surface area (Å²) in [6.45, 7) is 0.159. The number of methoxy groups -OCH3 is 1. The summed E-state index contributed by atoms with van der Waals surface area (Å²) in [6, 6.07) is 21.4. The summed E-state index contributed by atoms with van der Waals surface area (Å²) in [6.07, 6.45) is 1.55. The molecule has 0 spiro atoms. The Balaban J connectivity index is 1.54. The minimum Gasteiger partial charge on any atom is -0.496 e. The van der Waals surface area contributed by atoms with Crippen molar-refractivity contribution in [3.05, 3.63) is 104 Å². The SMILES string of the molecule is COc1ccc(C=NNc2nc(-c3ccccc3)c(C#N)c(=O)[nH]2)cc1COc1c(Cl)cccc1Cl. The smallest absolute Gasteiger partial charge is 0.270 e. The van der Waals surface area contributed by atoms with Gasteiger partial charge in [-0.25, -0.2) is 10.4 Å². The van der Waals surface area contributed by atoms with E-state index in [0.29, 0.717) is 27.1 Å². The molecule has 0 saturated carbocycles. The fourth-order valence-corrected chi connectivity index (χ4v) is 3.87. The van der Waals surface area contributed by atoms with E-state index in [4.69, 9.17) is 32.7 Å². The molecule has 36 heavy (non-hydrogen) atoms. The number of H-pyrrole nitrogens is 1. The fraction of sp³-hybridized carbons (Fsp3) is 0.0769. The van der Waals surface area contributed by atoms with Crippen LogP contribution in [0.2, 0.25) is 10.0 Å². The number of aromatic nitrogens is 2. The second kappa shape index (κ2) is 11.4. The van der Waals surface area contributed by atoms with Crippen molar-refractivity contribution in [1.29, 1.82) is 5.26 Å². The largest absolute Gasteiger partial charge is 0.496 e.